The van der Waals surface area contributed by atoms with E-state index in [1.54, 1.807) is 0 Å². The lowest BCUT2D eigenvalue weighted by Gasteiger charge is -2.09. The van der Waals surface area contributed by atoms with Crippen LogP contribution in [-0.4, -0.2) is 31.9 Å². The number of carbonyl (C=O) groups excluding carboxylic acids is 1. The predicted molar refractivity (Wildman–Crippen MR) is 83.6 cm³/mol. The summed E-state index contributed by atoms with van der Waals surface area (Å²) in [6, 6.07) is 9.89. The van der Waals surface area contributed by atoms with Crippen molar-refractivity contribution in [2.45, 2.75) is 4.90 Å². The molecule has 0 fully saturated rings. The van der Waals surface area contributed by atoms with Crippen LogP contribution in [0.2, 0.25) is 0 Å². The van der Waals surface area contributed by atoms with E-state index in [-0.39, 0.29) is 16.1 Å². The number of carboxylic acid groups (broad SMARTS) is 1. The van der Waals surface area contributed by atoms with E-state index in [1.807, 2.05) is 0 Å². The van der Waals surface area contributed by atoms with E-state index in [0.29, 0.717) is 0 Å². The van der Waals surface area contributed by atoms with Gasteiger partial charge in [-0.1, -0.05) is 6.07 Å². The standard InChI is InChI=1S/C15H13FN2O5S/c16-11-2-1-3-13(8-11)24(22,23)18-12-6-4-10(5-7-12)15(21)17-9-14(19)20/h1-8,18H,9H2,(H,17,21)(H,19,20). The van der Waals surface area contributed by atoms with Crippen molar-refractivity contribution in [1.29, 1.82) is 0 Å². The van der Waals surface area contributed by atoms with Crippen molar-refractivity contribution >= 4 is 27.6 Å². The maximum atomic E-state index is 13.1. The molecule has 0 atom stereocenters. The molecule has 0 spiro atoms. The number of amides is 1. The van der Waals surface area contributed by atoms with Gasteiger partial charge in [-0.25, -0.2) is 12.8 Å². The summed E-state index contributed by atoms with van der Waals surface area (Å²) in [5.74, 6) is -2.46. The lowest BCUT2D eigenvalue weighted by molar-refractivity contribution is -0.135. The van der Waals surface area contributed by atoms with Gasteiger partial charge >= 0.3 is 5.97 Å². The molecule has 0 aliphatic rings. The fourth-order valence-electron chi connectivity index (χ4n) is 1.80. The Bertz CT molecular complexity index is 866. The van der Waals surface area contributed by atoms with E-state index < -0.39 is 34.3 Å². The Morgan fingerprint density at radius 3 is 2.33 bits per heavy atom. The molecule has 0 heterocycles. The molecule has 0 aromatic heterocycles. The molecule has 24 heavy (non-hydrogen) atoms. The van der Waals surface area contributed by atoms with Gasteiger partial charge in [0.15, 0.2) is 0 Å². The fourth-order valence-corrected chi connectivity index (χ4v) is 2.89. The molecule has 2 aromatic rings. The highest BCUT2D eigenvalue weighted by atomic mass is 32.2. The number of nitrogens with one attached hydrogen (secondary N) is 2. The minimum Gasteiger partial charge on any atom is -0.480 e. The zero-order valence-electron chi connectivity index (χ0n) is 12.2. The number of aliphatic carboxylic acids is 1. The number of sulfonamides is 1. The number of carboxylic acids is 1. The van der Waals surface area contributed by atoms with Gasteiger partial charge in [0.2, 0.25) is 0 Å². The molecule has 0 radical (unpaired) electrons. The third-order valence-electron chi connectivity index (χ3n) is 2.91. The van der Waals surface area contributed by atoms with Crippen LogP contribution in [0.1, 0.15) is 10.4 Å². The van der Waals surface area contributed by atoms with Crippen LogP contribution in [0.3, 0.4) is 0 Å². The first-order chi connectivity index (χ1) is 11.3. The minimum absolute atomic E-state index is 0.171. The van der Waals surface area contributed by atoms with Crippen molar-refractivity contribution in [2.75, 3.05) is 11.3 Å². The molecule has 0 unspecified atom stereocenters. The van der Waals surface area contributed by atoms with E-state index in [2.05, 4.69) is 10.0 Å². The second-order valence-corrected chi connectivity index (χ2v) is 6.40. The molecule has 3 N–H and O–H groups in total. The molecule has 0 saturated heterocycles. The van der Waals surface area contributed by atoms with E-state index in [0.717, 1.165) is 12.1 Å². The summed E-state index contributed by atoms with van der Waals surface area (Å²) in [6.07, 6.45) is 0. The summed E-state index contributed by atoms with van der Waals surface area (Å²) < 4.78 is 39.6. The molecule has 0 aliphatic carbocycles. The number of hydrogen-bond donors (Lipinski definition) is 3. The van der Waals surface area contributed by atoms with Crippen LogP contribution in [0.25, 0.3) is 0 Å². The first kappa shape index (κ1) is 17.4. The molecular weight excluding hydrogens is 339 g/mol. The van der Waals surface area contributed by atoms with Crippen LogP contribution in [0.5, 0.6) is 0 Å². The van der Waals surface area contributed by atoms with E-state index in [4.69, 9.17) is 5.11 Å². The second-order valence-electron chi connectivity index (χ2n) is 4.72. The summed E-state index contributed by atoms with van der Waals surface area (Å²) in [6.45, 7) is -0.521. The highest BCUT2D eigenvalue weighted by Crippen LogP contribution is 2.17. The van der Waals surface area contributed by atoms with Crippen molar-refractivity contribution in [2.24, 2.45) is 0 Å². The molecule has 126 valence electrons. The average Bonchev–Trinajstić information content (AvgIpc) is 2.53. The monoisotopic (exact) mass is 352 g/mol. The highest BCUT2D eigenvalue weighted by molar-refractivity contribution is 7.92. The Labute approximate surface area is 137 Å². The number of carbonyl (C=O) groups is 2. The minimum atomic E-state index is -3.96. The van der Waals surface area contributed by atoms with Crippen molar-refractivity contribution < 1.29 is 27.5 Å². The summed E-state index contributed by atoms with van der Waals surface area (Å²) in [7, 11) is -3.96. The smallest absolute Gasteiger partial charge is 0.322 e. The van der Waals surface area contributed by atoms with Gasteiger partial charge in [-0.15, -0.1) is 0 Å². The molecule has 1 amide bonds. The molecule has 7 nitrogen and oxygen atoms in total. The first-order valence-electron chi connectivity index (χ1n) is 6.66. The van der Waals surface area contributed by atoms with Gasteiger partial charge in [-0.3, -0.25) is 14.3 Å². The number of hydrogen-bond acceptors (Lipinski definition) is 4. The zero-order chi connectivity index (χ0) is 17.7. The van der Waals surface area contributed by atoms with Crippen molar-refractivity contribution in [1.82, 2.24) is 5.32 Å². The van der Waals surface area contributed by atoms with Gasteiger partial charge in [0.1, 0.15) is 12.4 Å². The van der Waals surface area contributed by atoms with E-state index in [1.165, 1.54) is 36.4 Å². The molecule has 0 bridgehead atoms. The lowest BCUT2D eigenvalue weighted by atomic mass is 10.2. The van der Waals surface area contributed by atoms with Crippen LogP contribution < -0.4 is 10.0 Å². The predicted octanol–water partition coefficient (Wildman–Crippen LogP) is 1.44. The van der Waals surface area contributed by atoms with Gasteiger partial charge < -0.3 is 10.4 Å². The molecule has 2 rings (SSSR count). The van der Waals surface area contributed by atoms with Gasteiger partial charge in [-0.05, 0) is 42.5 Å². The normalized spacial score (nSPS) is 10.9. The maximum absolute atomic E-state index is 13.1. The Hall–Kier alpha value is -2.94. The summed E-state index contributed by atoms with van der Waals surface area (Å²) >= 11 is 0. The van der Waals surface area contributed by atoms with Crippen molar-refractivity contribution in [3.05, 3.63) is 59.9 Å². The molecule has 2 aromatic carbocycles. The van der Waals surface area contributed by atoms with E-state index in [9.17, 15) is 22.4 Å². The van der Waals surface area contributed by atoms with Crippen LogP contribution >= 0.6 is 0 Å². The van der Waals surface area contributed by atoms with Crippen LogP contribution in [-0.2, 0) is 14.8 Å². The van der Waals surface area contributed by atoms with Crippen molar-refractivity contribution in [3.63, 3.8) is 0 Å². The van der Waals surface area contributed by atoms with Crippen LogP contribution in [0.4, 0.5) is 10.1 Å². The average molecular weight is 352 g/mol. The third kappa shape index (κ3) is 4.53. The Morgan fingerprint density at radius 1 is 1.08 bits per heavy atom. The maximum Gasteiger partial charge on any atom is 0.322 e. The number of halogens is 1. The van der Waals surface area contributed by atoms with Crippen LogP contribution in [0.15, 0.2) is 53.4 Å². The third-order valence-corrected chi connectivity index (χ3v) is 4.28. The quantitative estimate of drug-likeness (QED) is 0.728. The number of rotatable bonds is 6. The summed E-state index contributed by atoms with van der Waals surface area (Å²) in [5, 5.41) is 10.7. The van der Waals surface area contributed by atoms with Crippen molar-refractivity contribution in [3.8, 4) is 0 Å². The SMILES string of the molecule is O=C(O)CNC(=O)c1ccc(NS(=O)(=O)c2cccc(F)c2)cc1. The number of anilines is 1. The topological polar surface area (TPSA) is 113 Å². The lowest BCUT2D eigenvalue weighted by Crippen LogP contribution is -2.29. The largest absolute Gasteiger partial charge is 0.480 e. The molecule has 0 saturated carbocycles. The Balaban J connectivity index is 2.11. The number of benzene rings is 2. The summed E-state index contributed by atoms with van der Waals surface area (Å²) in [4.78, 5) is 21.8. The first-order valence-corrected chi connectivity index (χ1v) is 8.15. The highest BCUT2D eigenvalue weighted by Gasteiger charge is 2.15. The molecule has 0 aliphatic heterocycles. The van der Waals surface area contributed by atoms with Gasteiger partial charge in [0.05, 0.1) is 4.90 Å². The Morgan fingerprint density at radius 2 is 1.75 bits per heavy atom. The summed E-state index contributed by atoms with van der Waals surface area (Å²) in [5.41, 5.74) is 0.346. The zero-order valence-corrected chi connectivity index (χ0v) is 13.0. The Kier molecular flexibility index (Phi) is 5.14. The van der Waals surface area contributed by atoms with Gasteiger partial charge in [0.25, 0.3) is 15.9 Å². The molecule has 9 heteroatoms. The van der Waals surface area contributed by atoms with Gasteiger partial charge in [0, 0.05) is 11.3 Å². The fraction of sp³-hybridized carbons (Fsp3) is 0.0667. The molecular formula is C15H13FN2O5S. The second kappa shape index (κ2) is 7.09. The van der Waals surface area contributed by atoms with Crippen LogP contribution in [0, 0.1) is 5.82 Å². The van der Waals surface area contributed by atoms with E-state index >= 15 is 0 Å². The van der Waals surface area contributed by atoms with Gasteiger partial charge in [-0.2, -0.15) is 0 Å².